The summed E-state index contributed by atoms with van der Waals surface area (Å²) in [4.78, 5) is 23.5. The lowest BCUT2D eigenvalue weighted by molar-refractivity contribution is 0.0945. The second-order valence-electron chi connectivity index (χ2n) is 3.89. The van der Waals surface area contributed by atoms with E-state index in [9.17, 15) is 9.59 Å². The van der Waals surface area contributed by atoms with Gasteiger partial charge in [-0.1, -0.05) is 25.1 Å². The third kappa shape index (κ3) is 1.72. The number of benzene rings is 1. The lowest BCUT2D eigenvalue weighted by atomic mass is 9.86. The molecule has 0 bridgehead atoms. The predicted octanol–water partition coefficient (Wildman–Crippen LogP) is 2.80. The Hall–Kier alpha value is -1.44. The highest BCUT2D eigenvalue weighted by Crippen LogP contribution is 2.25. The smallest absolute Gasteiger partial charge is 0.163 e. The van der Waals surface area contributed by atoms with Crippen molar-refractivity contribution in [2.24, 2.45) is 0 Å². The molecule has 0 amide bonds. The molecule has 1 aliphatic rings. The first-order valence-electron chi connectivity index (χ1n) is 5.42. The van der Waals surface area contributed by atoms with Gasteiger partial charge in [-0.3, -0.25) is 9.59 Å². The summed E-state index contributed by atoms with van der Waals surface area (Å²) in [5.41, 5.74) is 2.36. The van der Waals surface area contributed by atoms with E-state index in [2.05, 4.69) is 0 Å². The van der Waals surface area contributed by atoms with Gasteiger partial charge in [0.25, 0.3) is 0 Å². The first kappa shape index (κ1) is 10.1. The van der Waals surface area contributed by atoms with Crippen LogP contribution in [0, 0.1) is 0 Å². The van der Waals surface area contributed by atoms with Gasteiger partial charge in [0, 0.05) is 24.0 Å². The number of fused-ring (bicyclic) bond motifs is 1. The third-order valence-corrected chi connectivity index (χ3v) is 2.90. The molecule has 0 aromatic heterocycles. The summed E-state index contributed by atoms with van der Waals surface area (Å²) >= 11 is 0. The monoisotopic (exact) mass is 202 g/mol. The fourth-order valence-corrected chi connectivity index (χ4v) is 2.12. The molecule has 15 heavy (non-hydrogen) atoms. The largest absolute Gasteiger partial charge is 0.294 e. The molecule has 0 saturated heterocycles. The Bertz CT molecular complexity index is 419. The maximum Gasteiger partial charge on any atom is 0.163 e. The molecule has 0 aliphatic heterocycles. The van der Waals surface area contributed by atoms with Crippen LogP contribution in [0.5, 0.6) is 0 Å². The molecular formula is C13H14O2. The highest BCUT2D eigenvalue weighted by molar-refractivity contribution is 6.10. The van der Waals surface area contributed by atoms with Crippen molar-refractivity contribution in [1.29, 1.82) is 0 Å². The average molecular weight is 202 g/mol. The van der Waals surface area contributed by atoms with Gasteiger partial charge in [0.15, 0.2) is 11.6 Å². The van der Waals surface area contributed by atoms with Gasteiger partial charge in [-0.15, -0.1) is 0 Å². The van der Waals surface area contributed by atoms with Crippen molar-refractivity contribution < 1.29 is 9.59 Å². The van der Waals surface area contributed by atoms with Crippen LogP contribution in [-0.2, 0) is 6.42 Å². The van der Waals surface area contributed by atoms with Crippen molar-refractivity contribution in [1.82, 2.24) is 0 Å². The van der Waals surface area contributed by atoms with Crippen molar-refractivity contribution in [3.63, 3.8) is 0 Å². The minimum Gasteiger partial charge on any atom is -0.294 e. The quantitative estimate of drug-likeness (QED) is 0.691. The first-order valence-corrected chi connectivity index (χ1v) is 5.42. The number of aryl methyl sites for hydroxylation is 1. The van der Waals surface area contributed by atoms with Gasteiger partial charge in [-0.05, 0) is 18.4 Å². The Morgan fingerprint density at radius 2 is 2.13 bits per heavy atom. The van der Waals surface area contributed by atoms with Crippen molar-refractivity contribution in [2.45, 2.75) is 32.6 Å². The molecule has 0 unspecified atom stereocenters. The summed E-state index contributed by atoms with van der Waals surface area (Å²) < 4.78 is 0. The van der Waals surface area contributed by atoms with Crippen LogP contribution < -0.4 is 0 Å². The zero-order valence-corrected chi connectivity index (χ0v) is 8.88. The number of Topliss-reactive ketones (excluding diaryl/α,β-unsaturated/α-hetero) is 2. The van der Waals surface area contributed by atoms with Crippen LogP contribution in [0.15, 0.2) is 18.2 Å². The molecule has 2 rings (SSSR count). The summed E-state index contributed by atoms with van der Waals surface area (Å²) in [5.74, 6) is 0.204. The van der Waals surface area contributed by atoms with Gasteiger partial charge in [-0.2, -0.15) is 0 Å². The fourth-order valence-electron chi connectivity index (χ4n) is 2.12. The van der Waals surface area contributed by atoms with Gasteiger partial charge in [-0.25, -0.2) is 0 Å². The van der Waals surface area contributed by atoms with Gasteiger partial charge in [0.2, 0.25) is 0 Å². The molecule has 0 heterocycles. The van der Waals surface area contributed by atoms with Crippen LogP contribution in [0.4, 0.5) is 0 Å². The maximum atomic E-state index is 11.8. The predicted molar refractivity (Wildman–Crippen MR) is 58.3 cm³/mol. The molecule has 0 saturated carbocycles. The van der Waals surface area contributed by atoms with Crippen molar-refractivity contribution in [3.8, 4) is 0 Å². The number of rotatable bonds is 2. The normalized spacial score (nSPS) is 14.9. The summed E-state index contributed by atoms with van der Waals surface area (Å²) in [6.45, 7) is 1.83. The molecule has 0 spiro atoms. The van der Waals surface area contributed by atoms with Crippen molar-refractivity contribution in [2.75, 3.05) is 0 Å². The van der Waals surface area contributed by atoms with E-state index < -0.39 is 0 Å². The highest BCUT2D eigenvalue weighted by atomic mass is 16.1. The summed E-state index contributed by atoms with van der Waals surface area (Å²) in [6, 6.07) is 5.60. The summed E-state index contributed by atoms with van der Waals surface area (Å²) in [5, 5.41) is 0. The van der Waals surface area contributed by atoms with Crippen LogP contribution in [-0.4, -0.2) is 11.6 Å². The zero-order chi connectivity index (χ0) is 10.8. The van der Waals surface area contributed by atoms with Crippen LogP contribution >= 0.6 is 0 Å². The van der Waals surface area contributed by atoms with Gasteiger partial charge in [0.1, 0.15) is 0 Å². The highest BCUT2D eigenvalue weighted by Gasteiger charge is 2.22. The van der Waals surface area contributed by atoms with Crippen molar-refractivity contribution in [3.05, 3.63) is 34.9 Å². The molecule has 0 radical (unpaired) electrons. The second-order valence-corrected chi connectivity index (χ2v) is 3.89. The van der Waals surface area contributed by atoms with E-state index in [-0.39, 0.29) is 11.6 Å². The van der Waals surface area contributed by atoms with Crippen LogP contribution in [0.25, 0.3) is 0 Å². The number of carbonyl (C=O) groups is 2. The average Bonchev–Trinajstić information content (AvgIpc) is 2.28. The Kier molecular flexibility index (Phi) is 2.67. The standard InChI is InChI=1S/C13H14O2/c1-2-11(14)10-7-3-5-9-6-4-8-12(15)13(9)10/h3,5,7H,2,4,6,8H2,1H3. The molecule has 1 aromatic carbocycles. The fraction of sp³-hybridized carbons (Fsp3) is 0.385. The topological polar surface area (TPSA) is 34.1 Å². The third-order valence-electron chi connectivity index (χ3n) is 2.90. The second kappa shape index (κ2) is 3.97. The van der Waals surface area contributed by atoms with Crippen LogP contribution in [0.3, 0.4) is 0 Å². The SMILES string of the molecule is CCC(=O)c1cccc2c1C(=O)CCC2. The Labute approximate surface area is 89.3 Å². The number of carbonyl (C=O) groups excluding carboxylic acids is 2. The lowest BCUT2D eigenvalue weighted by Crippen LogP contribution is -2.16. The molecule has 2 heteroatoms. The van der Waals surface area contributed by atoms with E-state index in [1.807, 2.05) is 19.1 Å². The van der Waals surface area contributed by atoms with Crippen LogP contribution in [0.2, 0.25) is 0 Å². The van der Waals surface area contributed by atoms with Gasteiger partial charge < -0.3 is 0 Å². The Balaban J connectivity index is 2.56. The minimum absolute atomic E-state index is 0.0714. The molecular weight excluding hydrogens is 188 g/mol. The van der Waals surface area contributed by atoms with E-state index in [0.717, 1.165) is 18.4 Å². The zero-order valence-electron chi connectivity index (χ0n) is 8.88. The first-order chi connectivity index (χ1) is 7.24. The maximum absolute atomic E-state index is 11.8. The molecule has 1 aromatic rings. The van der Waals surface area contributed by atoms with Gasteiger partial charge >= 0.3 is 0 Å². The van der Waals surface area contributed by atoms with Crippen LogP contribution in [0.1, 0.15) is 52.5 Å². The minimum atomic E-state index is 0.0714. The van der Waals surface area contributed by atoms with E-state index in [1.54, 1.807) is 6.07 Å². The van der Waals surface area contributed by atoms with Crippen molar-refractivity contribution >= 4 is 11.6 Å². The lowest BCUT2D eigenvalue weighted by Gasteiger charge is -2.17. The number of ketones is 2. The molecule has 0 atom stereocenters. The number of hydrogen-bond donors (Lipinski definition) is 0. The molecule has 1 aliphatic carbocycles. The molecule has 0 fully saturated rings. The van der Waals surface area contributed by atoms with E-state index in [4.69, 9.17) is 0 Å². The van der Waals surface area contributed by atoms with E-state index in [0.29, 0.717) is 24.0 Å². The van der Waals surface area contributed by atoms with E-state index in [1.165, 1.54) is 0 Å². The summed E-state index contributed by atoms with van der Waals surface area (Å²) in [7, 11) is 0. The molecule has 2 nitrogen and oxygen atoms in total. The molecule has 78 valence electrons. The summed E-state index contributed by atoms with van der Waals surface area (Å²) in [6.07, 6.45) is 2.88. The van der Waals surface area contributed by atoms with E-state index >= 15 is 0 Å². The number of hydrogen-bond acceptors (Lipinski definition) is 2. The van der Waals surface area contributed by atoms with Gasteiger partial charge in [0.05, 0.1) is 0 Å². The Morgan fingerprint density at radius 3 is 2.87 bits per heavy atom. The Morgan fingerprint density at radius 1 is 1.33 bits per heavy atom. The molecule has 0 N–H and O–H groups in total.